The molecule has 0 unspecified atom stereocenters. The highest BCUT2D eigenvalue weighted by Crippen LogP contribution is 2.25. The van der Waals surface area contributed by atoms with Gasteiger partial charge in [0.25, 0.3) is 0 Å². The number of fused-ring (bicyclic) bond motifs is 1. The molecule has 0 atom stereocenters. The molecular formula is C16H21N5O3. The van der Waals surface area contributed by atoms with E-state index < -0.39 is 0 Å². The fourth-order valence-corrected chi connectivity index (χ4v) is 2.86. The van der Waals surface area contributed by atoms with Crippen molar-refractivity contribution in [1.82, 2.24) is 14.9 Å². The van der Waals surface area contributed by atoms with Gasteiger partial charge >= 0.3 is 5.97 Å². The van der Waals surface area contributed by atoms with E-state index in [4.69, 9.17) is 10.5 Å². The highest BCUT2D eigenvalue weighted by atomic mass is 16.5. The number of benzene rings is 1. The maximum absolute atomic E-state index is 12.0. The van der Waals surface area contributed by atoms with E-state index in [0.717, 1.165) is 23.3 Å². The summed E-state index contributed by atoms with van der Waals surface area (Å²) < 4.78 is 6.83. The number of nitrogens with zero attached hydrogens (tertiary/aromatic N) is 3. The van der Waals surface area contributed by atoms with Gasteiger partial charge in [0.2, 0.25) is 11.9 Å². The largest absolute Gasteiger partial charge is 0.466 e. The fourth-order valence-electron chi connectivity index (χ4n) is 2.86. The number of carbonyl (C=O) groups excluding carboxylic acids is 2. The molecule has 1 aliphatic heterocycles. The molecule has 8 nitrogen and oxygen atoms in total. The fraction of sp³-hybridized carbons (Fsp3) is 0.438. The van der Waals surface area contributed by atoms with Gasteiger partial charge in [-0.05, 0) is 24.6 Å². The first-order valence-corrected chi connectivity index (χ1v) is 7.96. The van der Waals surface area contributed by atoms with Gasteiger partial charge < -0.3 is 25.3 Å². The number of hydrogen-bond acceptors (Lipinski definition) is 6. The number of nitrogens with two attached hydrogens (primary N) is 1. The van der Waals surface area contributed by atoms with Gasteiger partial charge in [-0.15, -0.1) is 0 Å². The van der Waals surface area contributed by atoms with E-state index in [-0.39, 0.29) is 11.9 Å². The minimum atomic E-state index is -0.288. The molecule has 1 saturated heterocycles. The van der Waals surface area contributed by atoms with Gasteiger partial charge in [0, 0.05) is 32.2 Å². The zero-order chi connectivity index (χ0) is 17.1. The molecule has 8 heteroatoms. The molecular weight excluding hydrogens is 310 g/mol. The number of rotatable bonds is 5. The Morgan fingerprint density at radius 2 is 2.29 bits per heavy atom. The number of amides is 1. The number of aryl methyl sites for hydroxylation is 1. The Morgan fingerprint density at radius 1 is 1.46 bits per heavy atom. The first-order valence-electron chi connectivity index (χ1n) is 7.96. The summed E-state index contributed by atoms with van der Waals surface area (Å²) in [5, 5.41) is 3.05. The number of ether oxygens (including phenoxy) is 1. The number of carbonyl (C=O) groups is 2. The summed E-state index contributed by atoms with van der Waals surface area (Å²) in [6.45, 7) is 4.12. The second-order valence-electron chi connectivity index (χ2n) is 5.71. The Balaban J connectivity index is 1.79. The normalized spacial score (nSPS) is 15.0. The lowest BCUT2D eigenvalue weighted by Crippen LogP contribution is -2.48. The van der Waals surface area contributed by atoms with E-state index in [1.54, 1.807) is 4.90 Å². The SMILES string of the molecule is CC(=O)OCCCn1c(N)nc2cc(N3CCNCC3=O)ccc21. The molecule has 0 spiro atoms. The summed E-state index contributed by atoms with van der Waals surface area (Å²) in [5.74, 6) is 0.176. The first-order chi connectivity index (χ1) is 11.6. The minimum absolute atomic E-state index is 0.0504. The molecule has 2 aromatic rings. The molecule has 3 N–H and O–H groups in total. The third kappa shape index (κ3) is 3.33. The third-order valence-electron chi connectivity index (χ3n) is 3.99. The third-order valence-corrected chi connectivity index (χ3v) is 3.99. The lowest BCUT2D eigenvalue weighted by atomic mass is 10.2. The zero-order valence-corrected chi connectivity index (χ0v) is 13.6. The van der Waals surface area contributed by atoms with Crippen molar-refractivity contribution in [3.63, 3.8) is 0 Å². The van der Waals surface area contributed by atoms with Crippen molar-refractivity contribution in [3.05, 3.63) is 18.2 Å². The standard InChI is InChI=1S/C16H21N5O3/c1-11(22)24-8-2-6-21-14-4-3-12(9-13(14)19-16(21)17)20-7-5-18-10-15(20)23/h3-4,9,18H,2,5-8,10H2,1H3,(H2,17,19). The molecule has 1 aliphatic rings. The zero-order valence-electron chi connectivity index (χ0n) is 13.6. The van der Waals surface area contributed by atoms with Crippen molar-refractivity contribution >= 4 is 34.5 Å². The lowest BCUT2D eigenvalue weighted by molar-refractivity contribution is -0.141. The van der Waals surface area contributed by atoms with Crippen LogP contribution in [0.3, 0.4) is 0 Å². The van der Waals surface area contributed by atoms with Crippen LogP contribution in [0, 0.1) is 0 Å². The average molecular weight is 331 g/mol. The van der Waals surface area contributed by atoms with Crippen molar-refractivity contribution in [2.45, 2.75) is 19.9 Å². The Kier molecular flexibility index (Phi) is 4.66. The average Bonchev–Trinajstić information content (AvgIpc) is 2.86. The minimum Gasteiger partial charge on any atom is -0.466 e. The molecule has 0 aliphatic carbocycles. The van der Waals surface area contributed by atoms with Crippen molar-refractivity contribution < 1.29 is 14.3 Å². The maximum Gasteiger partial charge on any atom is 0.302 e. The van der Waals surface area contributed by atoms with Gasteiger partial charge in [-0.25, -0.2) is 4.98 Å². The van der Waals surface area contributed by atoms with Crippen LogP contribution in [-0.2, 0) is 20.9 Å². The Morgan fingerprint density at radius 3 is 3.04 bits per heavy atom. The maximum atomic E-state index is 12.0. The molecule has 1 aromatic carbocycles. The molecule has 1 fully saturated rings. The molecule has 3 rings (SSSR count). The molecule has 0 bridgehead atoms. The summed E-state index contributed by atoms with van der Waals surface area (Å²) in [6.07, 6.45) is 0.660. The number of piperazine rings is 1. The second-order valence-corrected chi connectivity index (χ2v) is 5.71. The molecule has 1 aromatic heterocycles. The monoisotopic (exact) mass is 331 g/mol. The van der Waals surface area contributed by atoms with Crippen LogP contribution in [0.25, 0.3) is 11.0 Å². The number of hydrogen-bond donors (Lipinski definition) is 2. The van der Waals surface area contributed by atoms with Crippen molar-refractivity contribution in [3.8, 4) is 0 Å². The number of nitrogen functional groups attached to an aromatic ring is 1. The Hall–Kier alpha value is -2.61. The number of aromatic nitrogens is 2. The van der Waals surface area contributed by atoms with Crippen LogP contribution in [0.4, 0.5) is 11.6 Å². The van der Waals surface area contributed by atoms with E-state index in [1.165, 1.54) is 6.92 Å². The molecule has 24 heavy (non-hydrogen) atoms. The van der Waals surface area contributed by atoms with Gasteiger partial charge in [0.1, 0.15) is 0 Å². The number of esters is 1. The van der Waals surface area contributed by atoms with Crippen LogP contribution >= 0.6 is 0 Å². The Labute approximate surface area is 139 Å². The van der Waals surface area contributed by atoms with Crippen LogP contribution in [0.2, 0.25) is 0 Å². The van der Waals surface area contributed by atoms with Crippen molar-refractivity contribution in [1.29, 1.82) is 0 Å². The van der Waals surface area contributed by atoms with Crippen LogP contribution in [-0.4, -0.2) is 47.7 Å². The topological polar surface area (TPSA) is 102 Å². The van der Waals surface area contributed by atoms with Gasteiger partial charge in [-0.1, -0.05) is 0 Å². The number of anilines is 2. The van der Waals surface area contributed by atoms with E-state index in [2.05, 4.69) is 10.3 Å². The summed E-state index contributed by atoms with van der Waals surface area (Å²) in [5.41, 5.74) is 8.49. The Bertz CT molecular complexity index is 770. The van der Waals surface area contributed by atoms with Crippen LogP contribution < -0.4 is 16.0 Å². The first kappa shape index (κ1) is 16.3. The summed E-state index contributed by atoms with van der Waals surface area (Å²) in [4.78, 5) is 28.9. The van der Waals surface area contributed by atoms with Gasteiger partial charge in [0.05, 0.1) is 24.2 Å². The second kappa shape index (κ2) is 6.88. The molecule has 0 radical (unpaired) electrons. The highest BCUT2D eigenvalue weighted by molar-refractivity contribution is 5.97. The van der Waals surface area contributed by atoms with Crippen molar-refractivity contribution in [2.24, 2.45) is 0 Å². The molecule has 2 heterocycles. The molecule has 0 saturated carbocycles. The number of nitrogens with one attached hydrogen (secondary N) is 1. The molecule has 1 amide bonds. The van der Waals surface area contributed by atoms with Crippen molar-refractivity contribution in [2.75, 3.05) is 36.9 Å². The predicted octanol–water partition coefficient (Wildman–Crippen LogP) is 0.508. The molecule has 128 valence electrons. The summed E-state index contributed by atoms with van der Waals surface area (Å²) in [7, 11) is 0. The predicted molar refractivity (Wildman–Crippen MR) is 90.6 cm³/mol. The van der Waals surface area contributed by atoms with Crippen LogP contribution in [0.5, 0.6) is 0 Å². The number of imidazole rings is 1. The lowest BCUT2D eigenvalue weighted by Gasteiger charge is -2.27. The van der Waals surface area contributed by atoms with Crippen LogP contribution in [0.15, 0.2) is 18.2 Å². The van der Waals surface area contributed by atoms with Gasteiger partial charge in [0.15, 0.2) is 0 Å². The van der Waals surface area contributed by atoms with E-state index in [0.29, 0.717) is 38.6 Å². The van der Waals surface area contributed by atoms with Gasteiger partial charge in [-0.2, -0.15) is 0 Å². The highest BCUT2D eigenvalue weighted by Gasteiger charge is 2.20. The quantitative estimate of drug-likeness (QED) is 0.611. The van der Waals surface area contributed by atoms with Gasteiger partial charge in [-0.3, -0.25) is 9.59 Å². The smallest absolute Gasteiger partial charge is 0.302 e. The van der Waals surface area contributed by atoms with E-state index in [1.807, 2.05) is 22.8 Å². The van der Waals surface area contributed by atoms with E-state index in [9.17, 15) is 9.59 Å². The summed E-state index contributed by atoms with van der Waals surface area (Å²) >= 11 is 0. The van der Waals surface area contributed by atoms with Crippen LogP contribution in [0.1, 0.15) is 13.3 Å². The summed E-state index contributed by atoms with van der Waals surface area (Å²) in [6, 6.07) is 5.72. The van der Waals surface area contributed by atoms with E-state index >= 15 is 0 Å².